The van der Waals surface area contributed by atoms with Crippen LogP contribution in [-0.4, -0.2) is 56.7 Å². The fourth-order valence-electron chi connectivity index (χ4n) is 3.67. The number of piperidine rings is 1. The van der Waals surface area contributed by atoms with Gasteiger partial charge in [0.25, 0.3) is 5.91 Å². The van der Waals surface area contributed by atoms with Crippen molar-refractivity contribution in [3.8, 4) is 17.1 Å². The molecule has 1 fully saturated rings. The summed E-state index contributed by atoms with van der Waals surface area (Å²) in [5, 5.41) is 4.22. The fourth-order valence-corrected chi connectivity index (χ4v) is 3.67. The van der Waals surface area contributed by atoms with Crippen LogP contribution < -0.4 is 5.73 Å². The molecule has 2 N–H and O–H groups in total. The van der Waals surface area contributed by atoms with Gasteiger partial charge in [-0.1, -0.05) is 0 Å². The van der Waals surface area contributed by atoms with Gasteiger partial charge in [-0.2, -0.15) is 5.10 Å². The smallest absolute Gasteiger partial charge is 0.308 e. The largest absolute Gasteiger partial charge is 0.469 e. The zero-order valence-electron chi connectivity index (χ0n) is 17.3. The van der Waals surface area contributed by atoms with E-state index in [4.69, 9.17) is 10.5 Å². The van der Waals surface area contributed by atoms with Gasteiger partial charge in [0.1, 0.15) is 5.69 Å². The third-order valence-electron chi connectivity index (χ3n) is 5.42. The van der Waals surface area contributed by atoms with Crippen LogP contribution in [0.15, 0.2) is 48.8 Å². The van der Waals surface area contributed by atoms with E-state index in [0.717, 1.165) is 11.3 Å². The van der Waals surface area contributed by atoms with Crippen molar-refractivity contribution in [2.75, 3.05) is 20.2 Å². The van der Waals surface area contributed by atoms with Crippen LogP contribution in [0.25, 0.3) is 17.1 Å². The molecule has 160 valence electrons. The van der Waals surface area contributed by atoms with E-state index in [1.54, 1.807) is 21.8 Å². The van der Waals surface area contributed by atoms with Gasteiger partial charge >= 0.3 is 5.97 Å². The second-order valence-electron chi connectivity index (χ2n) is 7.36. The summed E-state index contributed by atoms with van der Waals surface area (Å²) in [5.74, 6) is -0.124. The third kappa shape index (κ3) is 4.46. The van der Waals surface area contributed by atoms with E-state index in [0.29, 0.717) is 43.1 Å². The number of nitrogens with two attached hydrogens (primary N) is 1. The molecule has 0 atom stereocenters. The van der Waals surface area contributed by atoms with E-state index in [-0.39, 0.29) is 24.3 Å². The number of carbonyl (C=O) groups excluding carboxylic acids is 2. The van der Waals surface area contributed by atoms with E-state index in [2.05, 4.69) is 15.1 Å². The molecule has 0 aliphatic carbocycles. The molecular formula is C22H24N6O3. The minimum atomic E-state index is -0.222. The van der Waals surface area contributed by atoms with Gasteiger partial charge in [-0.25, -0.2) is 14.6 Å². The molecule has 1 aromatic carbocycles. The molecule has 3 heterocycles. The number of esters is 1. The number of ether oxygens (including phenoxy) is 1. The lowest BCUT2D eigenvalue weighted by Gasteiger charge is -2.30. The number of amides is 1. The Kier molecular flexibility index (Phi) is 6.03. The maximum absolute atomic E-state index is 13.1. The van der Waals surface area contributed by atoms with E-state index < -0.39 is 0 Å². The number of benzene rings is 1. The molecule has 31 heavy (non-hydrogen) atoms. The Bertz CT molecular complexity index is 1060. The van der Waals surface area contributed by atoms with Gasteiger partial charge in [0, 0.05) is 37.6 Å². The zero-order valence-corrected chi connectivity index (χ0v) is 17.3. The Hall–Kier alpha value is -3.59. The Balaban J connectivity index is 1.55. The number of carbonyl (C=O) groups is 2. The highest BCUT2D eigenvalue weighted by atomic mass is 16.5. The fraction of sp³-hybridized carbons (Fsp3) is 0.318. The van der Waals surface area contributed by atoms with Crippen molar-refractivity contribution in [1.29, 1.82) is 0 Å². The summed E-state index contributed by atoms with van der Waals surface area (Å²) in [6.07, 6.45) is 4.73. The van der Waals surface area contributed by atoms with Crippen molar-refractivity contribution in [1.82, 2.24) is 24.6 Å². The van der Waals surface area contributed by atoms with E-state index in [1.807, 2.05) is 36.5 Å². The van der Waals surface area contributed by atoms with Crippen LogP contribution in [0.5, 0.6) is 0 Å². The van der Waals surface area contributed by atoms with Crippen LogP contribution >= 0.6 is 0 Å². The molecule has 0 radical (unpaired) electrons. The minimum absolute atomic E-state index is 0.164. The van der Waals surface area contributed by atoms with Gasteiger partial charge in [-0.15, -0.1) is 0 Å². The lowest BCUT2D eigenvalue weighted by molar-refractivity contribution is -0.146. The molecule has 1 aliphatic rings. The molecular weight excluding hydrogens is 396 g/mol. The van der Waals surface area contributed by atoms with Gasteiger partial charge in [0.15, 0.2) is 5.82 Å². The molecule has 1 aliphatic heterocycles. The van der Waals surface area contributed by atoms with Crippen molar-refractivity contribution < 1.29 is 14.3 Å². The van der Waals surface area contributed by atoms with Crippen molar-refractivity contribution in [3.63, 3.8) is 0 Å². The summed E-state index contributed by atoms with van der Waals surface area (Å²) in [7, 11) is 1.39. The van der Waals surface area contributed by atoms with Crippen LogP contribution in [0.2, 0.25) is 0 Å². The molecule has 1 saturated heterocycles. The number of likely N-dealkylation sites (tertiary alicyclic amines) is 1. The second-order valence-corrected chi connectivity index (χ2v) is 7.36. The maximum atomic E-state index is 13.1. The number of nitrogens with zero attached hydrogens (tertiary/aromatic N) is 5. The lowest BCUT2D eigenvalue weighted by atomic mass is 9.97. The highest BCUT2D eigenvalue weighted by Crippen LogP contribution is 2.22. The monoisotopic (exact) mass is 420 g/mol. The summed E-state index contributed by atoms with van der Waals surface area (Å²) in [5.41, 5.74) is 8.41. The highest BCUT2D eigenvalue weighted by molar-refractivity contribution is 5.93. The molecule has 2 aromatic heterocycles. The second kappa shape index (κ2) is 9.05. The Morgan fingerprint density at radius 3 is 2.52 bits per heavy atom. The standard InChI is InChI=1S/C22H24N6O3/c1-31-22(30)16-7-11-27(12-8-16)21(29)19-13-17(14-23)25-20(26-19)15-3-5-18(6-4-15)28-10-2-9-24-28/h2-6,9-10,13,16H,7-8,11-12,14,23H2,1H3. The Morgan fingerprint density at radius 1 is 1.16 bits per heavy atom. The number of hydrogen-bond donors (Lipinski definition) is 1. The van der Waals surface area contributed by atoms with Crippen LogP contribution in [0, 0.1) is 5.92 Å². The number of hydrogen-bond acceptors (Lipinski definition) is 7. The number of methoxy groups -OCH3 is 1. The molecule has 1 amide bonds. The van der Waals surface area contributed by atoms with Crippen molar-refractivity contribution in [2.45, 2.75) is 19.4 Å². The predicted molar refractivity (Wildman–Crippen MR) is 113 cm³/mol. The number of rotatable bonds is 5. The first-order valence-electron chi connectivity index (χ1n) is 10.1. The molecule has 0 spiro atoms. The van der Waals surface area contributed by atoms with Gasteiger partial charge in [0.2, 0.25) is 0 Å². The van der Waals surface area contributed by atoms with E-state index in [9.17, 15) is 9.59 Å². The first kappa shape index (κ1) is 20.7. The zero-order chi connectivity index (χ0) is 21.8. The van der Waals surface area contributed by atoms with Crippen molar-refractivity contribution in [3.05, 3.63) is 60.2 Å². The third-order valence-corrected chi connectivity index (χ3v) is 5.42. The summed E-state index contributed by atoms with van der Waals surface area (Å²) < 4.78 is 6.57. The van der Waals surface area contributed by atoms with Gasteiger partial charge in [-0.05, 0) is 49.2 Å². The normalized spacial score (nSPS) is 14.5. The maximum Gasteiger partial charge on any atom is 0.308 e. The first-order chi connectivity index (χ1) is 15.1. The van der Waals surface area contributed by atoms with Gasteiger partial charge < -0.3 is 15.4 Å². The van der Waals surface area contributed by atoms with Gasteiger partial charge in [-0.3, -0.25) is 9.59 Å². The minimum Gasteiger partial charge on any atom is -0.469 e. The molecule has 0 saturated carbocycles. The van der Waals surface area contributed by atoms with Crippen LogP contribution in [0.4, 0.5) is 0 Å². The van der Waals surface area contributed by atoms with Crippen LogP contribution in [0.3, 0.4) is 0 Å². The molecule has 3 aromatic rings. The Morgan fingerprint density at radius 2 is 1.90 bits per heavy atom. The van der Waals surface area contributed by atoms with Crippen molar-refractivity contribution in [2.24, 2.45) is 11.7 Å². The van der Waals surface area contributed by atoms with Crippen molar-refractivity contribution >= 4 is 11.9 Å². The van der Waals surface area contributed by atoms with Crippen LogP contribution in [-0.2, 0) is 16.1 Å². The molecule has 9 nitrogen and oxygen atoms in total. The summed E-state index contributed by atoms with van der Waals surface area (Å²) in [6, 6.07) is 11.1. The lowest BCUT2D eigenvalue weighted by Crippen LogP contribution is -2.41. The summed E-state index contributed by atoms with van der Waals surface area (Å²) >= 11 is 0. The summed E-state index contributed by atoms with van der Waals surface area (Å²) in [6.45, 7) is 1.16. The van der Waals surface area contributed by atoms with Gasteiger partial charge in [0.05, 0.1) is 24.4 Å². The average Bonchev–Trinajstić information content (AvgIpc) is 3.38. The molecule has 9 heteroatoms. The average molecular weight is 420 g/mol. The SMILES string of the molecule is COC(=O)C1CCN(C(=O)c2cc(CN)nc(-c3ccc(-n4cccn4)cc3)n2)CC1. The Labute approximate surface area is 179 Å². The quantitative estimate of drug-likeness (QED) is 0.626. The highest BCUT2D eigenvalue weighted by Gasteiger charge is 2.29. The predicted octanol–water partition coefficient (Wildman–Crippen LogP) is 1.81. The topological polar surface area (TPSA) is 116 Å². The summed E-state index contributed by atoms with van der Waals surface area (Å²) in [4.78, 5) is 35.5. The van der Waals surface area contributed by atoms with E-state index in [1.165, 1.54) is 7.11 Å². The number of aromatic nitrogens is 4. The first-order valence-corrected chi connectivity index (χ1v) is 10.1. The van der Waals surface area contributed by atoms with Crippen LogP contribution in [0.1, 0.15) is 29.0 Å². The molecule has 4 rings (SSSR count). The molecule has 0 bridgehead atoms. The van der Waals surface area contributed by atoms with E-state index >= 15 is 0 Å². The molecule has 0 unspecified atom stereocenters.